The summed E-state index contributed by atoms with van der Waals surface area (Å²) in [7, 11) is 0. The van der Waals surface area contributed by atoms with E-state index in [2.05, 4.69) is 17.1 Å². The normalized spacial score (nSPS) is 36.8. The summed E-state index contributed by atoms with van der Waals surface area (Å²) >= 11 is 0. The van der Waals surface area contributed by atoms with Gasteiger partial charge in [0.2, 0.25) is 0 Å². The molecular formula is C16H31ClN2O. The standard InChI is InChI=1S/C16H30N2O.ClH/c1-16(7-8-17-12-16)13-18-9-10-19-15(11-18)14-5-3-2-4-6-14;/h14-15,17H,2-13H2,1H3;1H. The fraction of sp³-hybridized carbons (Fsp3) is 1.00. The molecule has 0 aromatic rings. The Morgan fingerprint density at radius 3 is 2.75 bits per heavy atom. The third kappa shape index (κ3) is 4.09. The summed E-state index contributed by atoms with van der Waals surface area (Å²) in [5.41, 5.74) is 0.494. The minimum absolute atomic E-state index is 0. The molecule has 0 spiro atoms. The first-order chi connectivity index (χ1) is 9.25. The fourth-order valence-electron chi connectivity index (χ4n) is 4.21. The molecule has 0 bridgehead atoms. The van der Waals surface area contributed by atoms with Gasteiger partial charge >= 0.3 is 0 Å². The molecule has 20 heavy (non-hydrogen) atoms. The van der Waals surface area contributed by atoms with Crippen LogP contribution in [-0.2, 0) is 4.74 Å². The zero-order chi connectivity index (χ0) is 13.1. The van der Waals surface area contributed by atoms with E-state index >= 15 is 0 Å². The van der Waals surface area contributed by atoms with E-state index in [-0.39, 0.29) is 12.4 Å². The van der Waals surface area contributed by atoms with Crippen molar-refractivity contribution in [2.45, 2.75) is 51.6 Å². The van der Waals surface area contributed by atoms with Gasteiger partial charge in [0.1, 0.15) is 0 Å². The van der Waals surface area contributed by atoms with E-state index < -0.39 is 0 Å². The molecule has 118 valence electrons. The van der Waals surface area contributed by atoms with Crippen LogP contribution in [0.2, 0.25) is 0 Å². The Morgan fingerprint density at radius 2 is 2.05 bits per heavy atom. The molecule has 3 fully saturated rings. The molecule has 1 N–H and O–H groups in total. The molecule has 2 aliphatic heterocycles. The van der Waals surface area contributed by atoms with Gasteiger partial charge in [-0.3, -0.25) is 4.90 Å². The van der Waals surface area contributed by atoms with Crippen molar-refractivity contribution in [3.05, 3.63) is 0 Å². The van der Waals surface area contributed by atoms with Crippen LogP contribution in [0.25, 0.3) is 0 Å². The summed E-state index contributed by atoms with van der Waals surface area (Å²) in [6.45, 7) is 9.36. The van der Waals surface area contributed by atoms with Gasteiger partial charge in [-0.2, -0.15) is 0 Å². The van der Waals surface area contributed by atoms with Crippen LogP contribution in [0.15, 0.2) is 0 Å². The molecule has 0 amide bonds. The number of nitrogens with zero attached hydrogens (tertiary/aromatic N) is 1. The van der Waals surface area contributed by atoms with Crippen molar-refractivity contribution in [2.75, 3.05) is 39.3 Å². The maximum atomic E-state index is 6.09. The maximum absolute atomic E-state index is 6.09. The van der Waals surface area contributed by atoms with Gasteiger partial charge in [0.25, 0.3) is 0 Å². The number of hydrogen-bond donors (Lipinski definition) is 1. The van der Waals surface area contributed by atoms with Crippen molar-refractivity contribution >= 4 is 12.4 Å². The number of nitrogens with one attached hydrogen (secondary N) is 1. The van der Waals surface area contributed by atoms with Crippen LogP contribution >= 0.6 is 12.4 Å². The predicted molar refractivity (Wildman–Crippen MR) is 85.6 cm³/mol. The molecule has 3 rings (SSSR count). The highest BCUT2D eigenvalue weighted by Crippen LogP contribution is 2.31. The SMILES string of the molecule is CC1(CN2CCOC(C3CCCCC3)C2)CCNC1.Cl. The highest BCUT2D eigenvalue weighted by atomic mass is 35.5. The van der Waals surface area contributed by atoms with Crippen molar-refractivity contribution in [3.8, 4) is 0 Å². The van der Waals surface area contributed by atoms with E-state index in [1.165, 1.54) is 64.7 Å². The molecule has 1 saturated carbocycles. The van der Waals surface area contributed by atoms with E-state index in [0.29, 0.717) is 11.5 Å². The second-order valence-corrected chi connectivity index (χ2v) is 7.28. The second-order valence-electron chi connectivity index (χ2n) is 7.28. The summed E-state index contributed by atoms with van der Waals surface area (Å²) < 4.78 is 6.09. The molecule has 0 radical (unpaired) electrons. The van der Waals surface area contributed by atoms with Crippen molar-refractivity contribution < 1.29 is 4.74 Å². The number of hydrogen-bond acceptors (Lipinski definition) is 3. The Bertz CT molecular complexity index is 288. The number of morpholine rings is 1. The first-order valence-electron chi connectivity index (χ1n) is 8.30. The van der Waals surface area contributed by atoms with Crippen LogP contribution in [0.5, 0.6) is 0 Å². The van der Waals surface area contributed by atoms with E-state index in [4.69, 9.17) is 4.74 Å². The third-order valence-corrected chi connectivity index (χ3v) is 5.42. The summed E-state index contributed by atoms with van der Waals surface area (Å²) in [4.78, 5) is 2.68. The maximum Gasteiger partial charge on any atom is 0.0730 e. The van der Waals surface area contributed by atoms with Gasteiger partial charge in [0.15, 0.2) is 0 Å². The Labute approximate surface area is 130 Å². The summed E-state index contributed by atoms with van der Waals surface area (Å²) in [6.07, 6.45) is 8.94. The molecule has 4 heteroatoms. The lowest BCUT2D eigenvalue weighted by molar-refractivity contribution is -0.0718. The van der Waals surface area contributed by atoms with Crippen molar-refractivity contribution in [1.29, 1.82) is 0 Å². The van der Waals surface area contributed by atoms with Gasteiger partial charge in [-0.05, 0) is 37.1 Å². The molecule has 0 aromatic heterocycles. The molecule has 2 unspecified atom stereocenters. The van der Waals surface area contributed by atoms with Crippen LogP contribution < -0.4 is 5.32 Å². The molecule has 0 aromatic carbocycles. The fourth-order valence-corrected chi connectivity index (χ4v) is 4.21. The Kier molecular flexibility index (Phi) is 6.15. The van der Waals surface area contributed by atoms with Gasteiger partial charge in [-0.1, -0.05) is 26.2 Å². The summed E-state index contributed by atoms with van der Waals surface area (Å²) in [6, 6.07) is 0. The van der Waals surface area contributed by atoms with Crippen LogP contribution in [0, 0.1) is 11.3 Å². The average Bonchev–Trinajstić information content (AvgIpc) is 2.86. The van der Waals surface area contributed by atoms with Gasteiger partial charge < -0.3 is 10.1 Å². The molecule has 3 aliphatic rings. The Hall–Kier alpha value is 0.170. The second kappa shape index (κ2) is 7.44. The van der Waals surface area contributed by atoms with Crippen LogP contribution in [0.1, 0.15) is 45.4 Å². The lowest BCUT2D eigenvalue weighted by atomic mass is 9.84. The molecule has 2 saturated heterocycles. The van der Waals surface area contributed by atoms with Crippen molar-refractivity contribution in [1.82, 2.24) is 10.2 Å². The van der Waals surface area contributed by atoms with Gasteiger partial charge in [-0.15, -0.1) is 12.4 Å². The third-order valence-electron chi connectivity index (χ3n) is 5.42. The number of ether oxygens (including phenoxy) is 1. The Morgan fingerprint density at radius 1 is 1.25 bits per heavy atom. The zero-order valence-corrected chi connectivity index (χ0v) is 13.7. The van der Waals surface area contributed by atoms with Crippen LogP contribution in [-0.4, -0.2) is 50.3 Å². The van der Waals surface area contributed by atoms with E-state index in [9.17, 15) is 0 Å². The quantitative estimate of drug-likeness (QED) is 0.867. The minimum atomic E-state index is 0. The molecule has 2 heterocycles. The van der Waals surface area contributed by atoms with Crippen LogP contribution in [0.3, 0.4) is 0 Å². The van der Waals surface area contributed by atoms with E-state index in [1.54, 1.807) is 0 Å². The average molecular weight is 303 g/mol. The summed E-state index contributed by atoms with van der Waals surface area (Å²) in [5.74, 6) is 0.839. The number of rotatable bonds is 3. The molecule has 2 atom stereocenters. The molecule has 3 nitrogen and oxygen atoms in total. The van der Waals surface area contributed by atoms with Gasteiger partial charge in [0, 0.05) is 26.2 Å². The lowest BCUT2D eigenvalue weighted by Crippen LogP contribution is -2.49. The van der Waals surface area contributed by atoms with E-state index in [0.717, 1.165) is 19.1 Å². The van der Waals surface area contributed by atoms with Gasteiger partial charge in [-0.25, -0.2) is 0 Å². The first kappa shape index (κ1) is 16.5. The topological polar surface area (TPSA) is 24.5 Å². The number of halogens is 1. The summed E-state index contributed by atoms with van der Waals surface area (Å²) in [5, 5.41) is 3.52. The molecular weight excluding hydrogens is 272 g/mol. The zero-order valence-electron chi connectivity index (χ0n) is 12.9. The monoisotopic (exact) mass is 302 g/mol. The van der Waals surface area contributed by atoms with Gasteiger partial charge in [0.05, 0.1) is 12.7 Å². The Balaban J connectivity index is 0.00000147. The highest BCUT2D eigenvalue weighted by molar-refractivity contribution is 5.85. The predicted octanol–water partition coefficient (Wildman–Crippen LogP) is 2.69. The smallest absolute Gasteiger partial charge is 0.0730 e. The molecule has 1 aliphatic carbocycles. The minimum Gasteiger partial charge on any atom is -0.375 e. The highest BCUT2D eigenvalue weighted by Gasteiger charge is 2.34. The van der Waals surface area contributed by atoms with Crippen LogP contribution in [0.4, 0.5) is 0 Å². The largest absolute Gasteiger partial charge is 0.375 e. The van der Waals surface area contributed by atoms with E-state index in [1.807, 2.05) is 0 Å². The van der Waals surface area contributed by atoms with Crippen molar-refractivity contribution in [3.63, 3.8) is 0 Å². The lowest BCUT2D eigenvalue weighted by Gasteiger charge is -2.41. The first-order valence-corrected chi connectivity index (χ1v) is 8.30. The van der Waals surface area contributed by atoms with Crippen molar-refractivity contribution in [2.24, 2.45) is 11.3 Å².